The van der Waals surface area contributed by atoms with Crippen molar-refractivity contribution >= 4 is 17.5 Å². The van der Waals surface area contributed by atoms with Crippen LogP contribution in [-0.2, 0) is 4.79 Å². The van der Waals surface area contributed by atoms with Gasteiger partial charge in [-0.15, -0.1) is 0 Å². The molecule has 2 N–H and O–H groups in total. The average Bonchev–Trinajstić information content (AvgIpc) is 2.61. The van der Waals surface area contributed by atoms with E-state index in [4.69, 9.17) is 0 Å². The summed E-state index contributed by atoms with van der Waals surface area (Å²) in [6.07, 6.45) is 3.35. The predicted octanol–water partition coefficient (Wildman–Crippen LogP) is 2.70. The zero-order valence-electron chi connectivity index (χ0n) is 16.3. The van der Waals surface area contributed by atoms with E-state index in [-0.39, 0.29) is 11.4 Å². The number of carbonyl (C=O) groups excluding carboxylic acids is 2. The lowest BCUT2D eigenvalue weighted by Gasteiger charge is -2.35. The summed E-state index contributed by atoms with van der Waals surface area (Å²) in [4.78, 5) is 28.4. The number of para-hydroxylation sites is 1. The van der Waals surface area contributed by atoms with E-state index in [1.807, 2.05) is 35.2 Å². The molecule has 6 nitrogen and oxygen atoms in total. The van der Waals surface area contributed by atoms with Crippen LogP contribution in [0.25, 0.3) is 0 Å². The molecule has 1 aromatic rings. The Morgan fingerprint density at radius 2 is 1.81 bits per heavy atom. The third-order valence-corrected chi connectivity index (χ3v) is 5.07. The Labute approximate surface area is 161 Å². The van der Waals surface area contributed by atoms with E-state index in [2.05, 4.69) is 35.5 Å². The molecule has 0 unspecified atom stereocenters. The standard InChI is InChI=1S/C21H30N4O2/c1-21(2)15-18(14-19(26)16-21)22-8-9-24-10-12-25(13-11-24)20(27)23-17-6-4-3-5-7-17/h3-7,15,22H,8-14,16H2,1-2H3,(H,23,27). The van der Waals surface area contributed by atoms with Crippen LogP contribution in [0.1, 0.15) is 26.7 Å². The van der Waals surface area contributed by atoms with Gasteiger partial charge in [-0.2, -0.15) is 0 Å². The molecule has 2 aliphatic rings. The number of benzene rings is 1. The first-order chi connectivity index (χ1) is 12.9. The number of amides is 2. The van der Waals surface area contributed by atoms with Crippen molar-refractivity contribution < 1.29 is 9.59 Å². The highest BCUT2D eigenvalue weighted by Gasteiger charge is 2.26. The first-order valence-electron chi connectivity index (χ1n) is 9.72. The third-order valence-electron chi connectivity index (χ3n) is 5.07. The molecule has 1 aliphatic heterocycles. The second kappa shape index (κ2) is 8.57. The van der Waals surface area contributed by atoms with Gasteiger partial charge < -0.3 is 15.5 Å². The maximum absolute atomic E-state index is 12.3. The van der Waals surface area contributed by atoms with E-state index in [1.165, 1.54) is 0 Å². The molecule has 0 bridgehead atoms. The fraction of sp³-hybridized carbons (Fsp3) is 0.524. The molecule has 1 aromatic carbocycles. The number of anilines is 1. The van der Waals surface area contributed by atoms with Gasteiger partial charge in [0.2, 0.25) is 0 Å². The van der Waals surface area contributed by atoms with Crippen molar-refractivity contribution in [3.63, 3.8) is 0 Å². The molecule has 0 saturated carbocycles. The summed E-state index contributed by atoms with van der Waals surface area (Å²) in [6.45, 7) is 9.14. The molecule has 1 aliphatic carbocycles. The SMILES string of the molecule is CC1(C)C=C(NCCN2CCN(C(=O)Nc3ccccc3)CC2)CC(=O)C1. The minimum absolute atomic E-state index is 0.0351. The Hall–Kier alpha value is -2.34. The molecule has 27 heavy (non-hydrogen) atoms. The normalized spacial score (nSPS) is 20.1. The van der Waals surface area contributed by atoms with Crippen LogP contribution >= 0.6 is 0 Å². The van der Waals surface area contributed by atoms with E-state index in [1.54, 1.807) is 0 Å². The fourth-order valence-corrected chi connectivity index (χ4v) is 3.74. The van der Waals surface area contributed by atoms with E-state index in [9.17, 15) is 9.59 Å². The van der Waals surface area contributed by atoms with Crippen molar-refractivity contribution in [1.29, 1.82) is 0 Å². The average molecular weight is 370 g/mol. The Morgan fingerprint density at radius 3 is 2.48 bits per heavy atom. The number of carbonyl (C=O) groups is 2. The van der Waals surface area contributed by atoms with Gasteiger partial charge in [0.25, 0.3) is 0 Å². The molecule has 1 heterocycles. The van der Waals surface area contributed by atoms with Crippen LogP contribution in [0.5, 0.6) is 0 Å². The third kappa shape index (κ3) is 5.82. The summed E-state index contributed by atoms with van der Waals surface area (Å²) < 4.78 is 0. The van der Waals surface area contributed by atoms with E-state index >= 15 is 0 Å². The van der Waals surface area contributed by atoms with Crippen LogP contribution in [0.4, 0.5) is 10.5 Å². The maximum atomic E-state index is 12.3. The van der Waals surface area contributed by atoms with E-state index in [0.717, 1.165) is 50.7 Å². The summed E-state index contributed by atoms with van der Waals surface area (Å²) in [7, 11) is 0. The number of urea groups is 1. The predicted molar refractivity (Wildman–Crippen MR) is 108 cm³/mol. The zero-order valence-corrected chi connectivity index (χ0v) is 16.3. The second-order valence-corrected chi connectivity index (χ2v) is 8.10. The largest absolute Gasteiger partial charge is 0.387 e. The zero-order chi connectivity index (χ0) is 19.3. The minimum Gasteiger partial charge on any atom is -0.387 e. The molecule has 6 heteroatoms. The fourth-order valence-electron chi connectivity index (χ4n) is 3.74. The van der Waals surface area contributed by atoms with Gasteiger partial charge in [-0.25, -0.2) is 4.79 Å². The molecule has 0 aromatic heterocycles. The topological polar surface area (TPSA) is 64.7 Å². The molecule has 0 atom stereocenters. The van der Waals surface area contributed by atoms with Gasteiger partial charge in [0.15, 0.2) is 0 Å². The van der Waals surface area contributed by atoms with Gasteiger partial charge in [-0.3, -0.25) is 9.69 Å². The van der Waals surface area contributed by atoms with Crippen molar-refractivity contribution in [1.82, 2.24) is 15.1 Å². The number of rotatable bonds is 5. The molecular weight excluding hydrogens is 340 g/mol. The van der Waals surface area contributed by atoms with Gasteiger partial charge in [-0.05, 0) is 17.5 Å². The smallest absolute Gasteiger partial charge is 0.321 e. The number of allylic oxidation sites excluding steroid dienone is 2. The van der Waals surface area contributed by atoms with Crippen molar-refractivity contribution in [2.24, 2.45) is 5.41 Å². The lowest BCUT2D eigenvalue weighted by atomic mass is 9.81. The summed E-state index contributed by atoms with van der Waals surface area (Å²) in [6, 6.07) is 9.51. The van der Waals surface area contributed by atoms with Crippen LogP contribution in [0.2, 0.25) is 0 Å². The van der Waals surface area contributed by atoms with Crippen LogP contribution in [0.15, 0.2) is 42.1 Å². The van der Waals surface area contributed by atoms with Gasteiger partial charge >= 0.3 is 6.03 Å². The Kier molecular flexibility index (Phi) is 6.16. The molecule has 2 amide bonds. The molecular formula is C21H30N4O2. The molecule has 3 rings (SSSR count). The summed E-state index contributed by atoms with van der Waals surface area (Å²) in [5.74, 6) is 0.308. The number of piperazine rings is 1. The van der Waals surface area contributed by atoms with Crippen LogP contribution in [-0.4, -0.2) is 60.9 Å². The first-order valence-corrected chi connectivity index (χ1v) is 9.72. The summed E-state index contributed by atoms with van der Waals surface area (Å²) in [5, 5.41) is 6.37. The Bertz CT molecular complexity index is 691. The number of nitrogens with one attached hydrogen (secondary N) is 2. The van der Waals surface area contributed by atoms with Crippen molar-refractivity contribution in [3.05, 3.63) is 42.1 Å². The number of hydrogen-bond donors (Lipinski definition) is 2. The minimum atomic E-state index is -0.0462. The highest BCUT2D eigenvalue weighted by molar-refractivity contribution is 5.89. The van der Waals surface area contributed by atoms with Crippen molar-refractivity contribution in [2.45, 2.75) is 26.7 Å². The van der Waals surface area contributed by atoms with Crippen LogP contribution < -0.4 is 10.6 Å². The second-order valence-electron chi connectivity index (χ2n) is 8.10. The highest BCUT2D eigenvalue weighted by Crippen LogP contribution is 2.29. The number of hydrogen-bond acceptors (Lipinski definition) is 4. The highest BCUT2D eigenvalue weighted by atomic mass is 16.2. The van der Waals surface area contributed by atoms with Gasteiger partial charge in [0, 0.05) is 63.5 Å². The molecule has 146 valence electrons. The number of ketones is 1. The van der Waals surface area contributed by atoms with Crippen LogP contribution in [0, 0.1) is 5.41 Å². The molecule has 1 fully saturated rings. The van der Waals surface area contributed by atoms with Crippen molar-refractivity contribution in [2.75, 3.05) is 44.6 Å². The molecule has 0 spiro atoms. The van der Waals surface area contributed by atoms with Gasteiger partial charge in [-0.1, -0.05) is 38.1 Å². The number of nitrogens with zero attached hydrogens (tertiary/aromatic N) is 2. The Balaban J connectivity index is 1.38. The lowest BCUT2D eigenvalue weighted by molar-refractivity contribution is -0.120. The lowest BCUT2D eigenvalue weighted by Crippen LogP contribution is -2.51. The van der Waals surface area contributed by atoms with E-state index < -0.39 is 0 Å². The monoisotopic (exact) mass is 370 g/mol. The summed E-state index contributed by atoms with van der Waals surface area (Å²) in [5.41, 5.74) is 1.83. The van der Waals surface area contributed by atoms with Gasteiger partial charge in [0.1, 0.15) is 5.78 Å². The van der Waals surface area contributed by atoms with E-state index in [0.29, 0.717) is 18.6 Å². The van der Waals surface area contributed by atoms with Crippen molar-refractivity contribution in [3.8, 4) is 0 Å². The number of Topliss-reactive ketones (excluding diaryl/α,β-unsaturated/α-hetero) is 1. The quantitative estimate of drug-likeness (QED) is 0.836. The van der Waals surface area contributed by atoms with Gasteiger partial charge in [0.05, 0.1) is 0 Å². The molecule has 0 radical (unpaired) electrons. The first kappa shape index (κ1) is 19.4. The maximum Gasteiger partial charge on any atom is 0.321 e. The van der Waals surface area contributed by atoms with Crippen LogP contribution in [0.3, 0.4) is 0 Å². The Morgan fingerprint density at radius 1 is 1.11 bits per heavy atom. The summed E-state index contributed by atoms with van der Waals surface area (Å²) >= 11 is 0. The molecule has 1 saturated heterocycles.